The first-order valence-electron chi connectivity index (χ1n) is 18.4. The van der Waals surface area contributed by atoms with Crippen molar-refractivity contribution in [2.24, 2.45) is 0 Å². The van der Waals surface area contributed by atoms with Gasteiger partial charge in [-0.25, -0.2) is 0 Å². The van der Waals surface area contributed by atoms with Gasteiger partial charge in [0.1, 0.15) is 0 Å². The zero-order chi connectivity index (χ0) is 38.5. The van der Waals surface area contributed by atoms with Gasteiger partial charge in [-0.1, -0.05) is 93.9 Å². The monoisotopic (exact) mass is 875 g/mol. The van der Waals surface area contributed by atoms with Crippen molar-refractivity contribution in [1.29, 1.82) is 0 Å². The molecule has 257 valence electrons. The summed E-state index contributed by atoms with van der Waals surface area (Å²) in [5, 5.41) is 2.79. The van der Waals surface area contributed by atoms with Crippen LogP contribution in [0.25, 0.3) is 53.8 Å². The molecular formula is C44H43FIrN2SSi-2. The van der Waals surface area contributed by atoms with Crippen molar-refractivity contribution in [2.75, 3.05) is 0 Å². The summed E-state index contributed by atoms with van der Waals surface area (Å²) in [4.78, 5) is 9.18. The van der Waals surface area contributed by atoms with Gasteiger partial charge in [-0.3, -0.25) is 4.39 Å². The van der Waals surface area contributed by atoms with Gasteiger partial charge >= 0.3 is 0 Å². The molecular weight excluding hydrogens is 828 g/mol. The maximum absolute atomic E-state index is 14.7. The molecule has 1 radical (unpaired) electrons. The van der Waals surface area contributed by atoms with Crippen LogP contribution in [0.4, 0.5) is 4.39 Å². The molecule has 0 spiro atoms. The van der Waals surface area contributed by atoms with Crippen molar-refractivity contribution in [2.45, 2.75) is 67.0 Å². The number of halogens is 1. The molecule has 0 aliphatic carbocycles. The minimum absolute atomic E-state index is 0. The Bertz CT molecular complexity index is 2440. The van der Waals surface area contributed by atoms with E-state index in [2.05, 4.69) is 80.7 Å². The Morgan fingerprint density at radius 3 is 2.26 bits per heavy atom. The largest absolute Gasteiger partial charge is 0.305 e. The molecule has 6 heteroatoms. The number of hydrogen-bond acceptors (Lipinski definition) is 3. The van der Waals surface area contributed by atoms with Crippen LogP contribution in [0.2, 0.25) is 19.6 Å². The predicted molar refractivity (Wildman–Crippen MR) is 211 cm³/mol. The van der Waals surface area contributed by atoms with E-state index >= 15 is 0 Å². The van der Waals surface area contributed by atoms with Crippen molar-refractivity contribution in [3.05, 3.63) is 137 Å². The summed E-state index contributed by atoms with van der Waals surface area (Å²) in [6.07, 6.45) is 3.72. The maximum Gasteiger partial charge on any atom is 0.0799 e. The summed E-state index contributed by atoms with van der Waals surface area (Å²) in [7, 11) is -1.61. The van der Waals surface area contributed by atoms with Gasteiger partial charge in [0, 0.05) is 48.5 Å². The second kappa shape index (κ2) is 15.2. The van der Waals surface area contributed by atoms with Gasteiger partial charge in [0.25, 0.3) is 0 Å². The smallest absolute Gasteiger partial charge is 0.0799 e. The summed E-state index contributed by atoms with van der Waals surface area (Å²) >= 11 is 1.60. The number of rotatable bonds is 5. The van der Waals surface area contributed by atoms with Crippen LogP contribution in [0.15, 0.2) is 91.3 Å². The number of benzene rings is 4. The van der Waals surface area contributed by atoms with Gasteiger partial charge in [-0.2, -0.15) is 11.3 Å². The van der Waals surface area contributed by atoms with Crippen molar-refractivity contribution in [3.8, 4) is 33.6 Å². The second-order valence-corrected chi connectivity index (χ2v) is 20.0. The van der Waals surface area contributed by atoms with Crippen molar-refractivity contribution in [3.63, 3.8) is 0 Å². The molecule has 0 bridgehead atoms. The van der Waals surface area contributed by atoms with Crippen LogP contribution in [0, 0.1) is 45.6 Å². The first kappa shape index (κ1) is 32.1. The number of aryl methyl sites for hydroxylation is 4. The topological polar surface area (TPSA) is 25.8 Å². The van der Waals surface area contributed by atoms with E-state index in [9.17, 15) is 4.39 Å². The third-order valence-corrected chi connectivity index (χ3v) is 11.9. The number of thiophene rings is 1. The van der Waals surface area contributed by atoms with E-state index in [1.165, 1.54) is 39.6 Å². The van der Waals surface area contributed by atoms with Crippen LogP contribution >= 0.6 is 11.3 Å². The van der Waals surface area contributed by atoms with Gasteiger partial charge < -0.3 is 9.97 Å². The molecule has 3 aromatic heterocycles. The Kier molecular flexibility index (Phi) is 9.77. The van der Waals surface area contributed by atoms with E-state index in [4.69, 9.17) is 5.48 Å². The fourth-order valence-corrected chi connectivity index (χ4v) is 9.28. The van der Waals surface area contributed by atoms with E-state index in [1.54, 1.807) is 23.5 Å². The molecule has 7 rings (SSSR count). The molecule has 7 aromatic rings. The Hall–Kier alpha value is -3.80. The number of nitrogens with zero attached hydrogens (tertiary/aromatic N) is 2. The first-order valence-corrected chi connectivity index (χ1v) is 20.7. The zero-order valence-electron chi connectivity index (χ0n) is 33.7. The van der Waals surface area contributed by atoms with Gasteiger partial charge in [-0.05, 0) is 93.1 Å². The molecule has 3 heterocycles. The first-order chi connectivity index (χ1) is 24.8. The average molecular weight is 875 g/mol. The number of pyridine rings is 2. The van der Waals surface area contributed by atoms with Crippen molar-refractivity contribution < 1.29 is 30.0 Å². The molecule has 0 aliphatic rings. The summed E-state index contributed by atoms with van der Waals surface area (Å²) in [6, 6.07) is 30.9. The van der Waals surface area contributed by atoms with E-state index in [0.717, 1.165) is 48.4 Å². The van der Waals surface area contributed by atoms with Gasteiger partial charge in [0.2, 0.25) is 0 Å². The third kappa shape index (κ3) is 7.74. The molecule has 0 saturated carbocycles. The molecule has 0 amide bonds. The molecule has 2 nitrogen and oxygen atoms in total. The fraction of sp³-hybridized carbons (Fsp3) is 0.227. The van der Waals surface area contributed by atoms with Crippen molar-refractivity contribution >= 4 is 44.8 Å². The number of aromatic nitrogens is 2. The van der Waals surface area contributed by atoms with E-state index < -0.39 is 20.8 Å². The molecule has 0 N–H and O–H groups in total. The zero-order valence-corrected chi connectivity index (χ0v) is 33.9. The number of hydrogen-bond donors (Lipinski definition) is 0. The molecule has 0 atom stereocenters. The summed E-state index contributed by atoms with van der Waals surface area (Å²) in [6.45, 7) is 14.8. The van der Waals surface area contributed by atoms with Gasteiger partial charge in [0.05, 0.1) is 8.07 Å². The molecule has 0 saturated heterocycles. The van der Waals surface area contributed by atoms with E-state index in [0.29, 0.717) is 5.39 Å². The standard InChI is InChI=1S/C26H19FNS.C18H24NSi.Ir/c1-15-12-16(2)24(17(3)13-15)18-10-11-28-22(14-18)19-8-9-21(27)25-20-6-4-5-7-23(20)29-26(19)25;1-13(2)16-11-17(15-9-7-14(3)8-10-15)19-12-18(16)20(4,5)6;/h4-7,9-14H,1-3H3;7-9,11-13H,1-6H3;/q2*-1;/i;3D3,13D;. The predicted octanol–water partition coefficient (Wildman–Crippen LogP) is 12.2. The molecule has 0 fully saturated rings. The Morgan fingerprint density at radius 2 is 1.60 bits per heavy atom. The second-order valence-electron chi connectivity index (χ2n) is 13.9. The summed E-state index contributed by atoms with van der Waals surface area (Å²) in [5.74, 6) is -0.950. The Labute approximate surface area is 320 Å². The minimum Gasteiger partial charge on any atom is -0.305 e. The molecule has 4 aromatic carbocycles. The quantitative estimate of drug-likeness (QED) is 0.127. The van der Waals surface area contributed by atoms with Gasteiger partial charge in [-0.15, -0.1) is 53.1 Å². The van der Waals surface area contributed by atoms with E-state index in [1.807, 2.05) is 62.6 Å². The van der Waals surface area contributed by atoms with Crippen LogP contribution in [0.5, 0.6) is 0 Å². The molecule has 50 heavy (non-hydrogen) atoms. The Morgan fingerprint density at radius 1 is 0.860 bits per heavy atom. The summed E-state index contributed by atoms with van der Waals surface area (Å²) in [5.41, 5.74) is 10.5. The maximum atomic E-state index is 14.7. The van der Waals surface area contributed by atoms with Crippen molar-refractivity contribution in [1.82, 2.24) is 9.97 Å². The molecule has 0 unspecified atom stereocenters. The average Bonchev–Trinajstić information content (AvgIpc) is 3.48. The van der Waals surface area contributed by atoms with E-state index in [-0.39, 0.29) is 31.5 Å². The van der Waals surface area contributed by atoms with Crippen LogP contribution < -0.4 is 5.19 Å². The fourth-order valence-electron chi connectivity index (χ4n) is 6.48. The van der Waals surface area contributed by atoms with Crippen LogP contribution in [-0.4, -0.2) is 18.0 Å². The van der Waals surface area contributed by atoms with Crippen LogP contribution in [0.1, 0.15) is 53.0 Å². The van der Waals surface area contributed by atoms with Gasteiger partial charge in [0.15, 0.2) is 0 Å². The normalized spacial score (nSPS) is 13.1. The number of fused-ring (bicyclic) bond motifs is 3. The Balaban J connectivity index is 0.000000208. The molecule has 0 aliphatic heterocycles. The van der Waals surface area contributed by atoms with Crippen LogP contribution in [0.3, 0.4) is 0 Å². The SMILES string of the molecule is Cc1cc(C)c(-c2ccnc(-c3[c-]cc(F)c4c3sc3ccccc34)c2)c(C)c1.[2H]C([2H])([2H])c1c[c-]c(-c2cc(C([2H])(C)C)c([Si](C)(C)C)cn2)cc1.[Ir]. The third-order valence-electron chi connectivity index (χ3n) is 8.73. The van der Waals surface area contributed by atoms with Crippen LogP contribution in [-0.2, 0) is 20.1 Å². The minimum atomic E-state index is -2.13. The summed E-state index contributed by atoms with van der Waals surface area (Å²) < 4.78 is 47.5.